The number of hydrogen-bond acceptors (Lipinski definition) is 6. The van der Waals surface area contributed by atoms with Crippen LogP contribution in [-0.2, 0) is 4.79 Å². The fourth-order valence-electron chi connectivity index (χ4n) is 3.57. The van der Waals surface area contributed by atoms with Gasteiger partial charge < -0.3 is 25.5 Å². The lowest BCUT2D eigenvalue weighted by atomic mass is 9.85. The summed E-state index contributed by atoms with van der Waals surface area (Å²) in [4.78, 5) is 12.1. The van der Waals surface area contributed by atoms with Crippen LogP contribution in [0.4, 0.5) is 0 Å². The topological polar surface area (TPSA) is 118 Å². The van der Waals surface area contributed by atoms with E-state index in [2.05, 4.69) is 13.8 Å². The van der Waals surface area contributed by atoms with E-state index in [0.717, 1.165) is 44.9 Å². The normalized spacial score (nSPS) is 17.1. The molecule has 6 nitrogen and oxygen atoms in total. The number of rotatable bonds is 19. The van der Waals surface area contributed by atoms with Crippen LogP contribution < -0.4 is 0 Å². The zero-order valence-electron chi connectivity index (χ0n) is 17.9. The minimum absolute atomic E-state index is 0.218. The maximum atomic E-state index is 12.1. The number of aliphatic hydroxyl groups is 5. The van der Waals surface area contributed by atoms with Crippen molar-refractivity contribution < 1.29 is 30.3 Å². The highest BCUT2D eigenvalue weighted by molar-refractivity contribution is 5.88. The molecule has 0 saturated heterocycles. The smallest absolute Gasteiger partial charge is 0.195 e. The molecule has 6 heteroatoms. The van der Waals surface area contributed by atoms with Crippen molar-refractivity contribution in [1.82, 2.24) is 0 Å². The number of Topliss-reactive ketones (excluding diaryl/α,β-unsaturated/α-hetero) is 1. The molecule has 28 heavy (non-hydrogen) atoms. The standard InChI is InChI=1S/C22H44O6/c1-3-5-7-8-9-10-11-13-15-17(14-12-6-4-2)19(25)21(27)22(28)20(26)18(24)16-23/h17-21,23-27H,3-16H2,1-2H3/t17?,18-,19?,20-,21+/m1/s1. The quantitative estimate of drug-likeness (QED) is 0.211. The fraction of sp³-hybridized carbons (Fsp3) is 0.955. The molecule has 0 aromatic carbocycles. The van der Waals surface area contributed by atoms with E-state index >= 15 is 0 Å². The van der Waals surface area contributed by atoms with E-state index in [1.807, 2.05) is 0 Å². The van der Waals surface area contributed by atoms with E-state index in [1.54, 1.807) is 0 Å². The van der Waals surface area contributed by atoms with Gasteiger partial charge in [0.25, 0.3) is 0 Å². The molecule has 0 saturated carbocycles. The minimum atomic E-state index is -1.89. The van der Waals surface area contributed by atoms with Crippen molar-refractivity contribution in [2.75, 3.05) is 6.61 Å². The van der Waals surface area contributed by atoms with Crippen molar-refractivity contribution in [2.24, 2.45) is 5.92 Å². The van der Waals surface area contributed by atoms with Gasteiger partial charge in [-0.1, -0.05) is 84.5 Å². The molecule has 0 rings (SSSR count). The highest BCUT2D eigenvalue weighted by atomic mass is 16.4. The predicted octanol–water partition coefficient (Wildman–Crippen LogP) is 2.72. The van der Waals surface area contributed by atoms with Crippen molar-refractivity contribution in [2.45, 2.75) is 122 Å². The second kappa shape index (κ2) is 17.3. The zero-order chi connectivity index (χ0) is 21.4. The molecule has 5 N–H and O–H groups in total. The third-order valence-corrected chi connectivity index (χ3v) is 5.55. The molecule has 0 bridgehead atoms. The molecule has 0 aliphatic carbocycles. The molecule has 0 spiro atoms. The molecule has 0 heterocycles. The molecule has 2 unspecified atom stereocenters. The first-order valence-electron chi connectivity index (χ1n) is 11.3. The molecule has 0 aromatic rings. The van der Waals surface area contributed by atoms with Crippen LogP contribution in [0.2, 0.25) is 0 Å². The number of hydrogen-bond donors (Lipinski definition) is 5. The van der Waals surface area contributed by atoms with Crippen molar-refractivity contribution in [1.29, 1.82) is 0 Å². The van der Waals surface area contributed by atoms with Gasteiger partial charge in [-0.3, -0.25) is 4.79 Å². The number of carbonyl (C=O) groups is 1. The average molecular weight is 405 g/mol. The molecule has 0 aliphatic rings. The summed E-state index contributed by atoms with van der Waals surface area (Å²) in [5.41, 5.74) is 0. The first-order valence-corrected chi connectivity index (χ1v) is 11.3. The Morgan fingerprint density at radius 2 is 1.11 bits per heavy atom. The van der Waals surface area contributed by atoms with E-state index in [9.17, 15) is 25.2 Å². The summed E-state index contributed by atoms with van der Waals surface area (Å²) < 4.78 is 0. The molecule has 168 valence electrons. The Morgan fingerprint density at radius 3 is 1.61 bits per heavy atom. The van der Waals surface area contributed by atoms with E-state index in [0.29, 0.717) is 6.42 Å². The van der Waals surface area contributed by atoms with Gasteiger partial charge in [0.2, 0.25) is 0 Å². The minimum Gasteiger partial charge on any atom is -0.394 e. The Bertz CT molecular complexity index is 376. The summed E-state index contributed by atoms with van der Waals surface area (Å²) in [5.74, 6) is -1.26. The number of ketones is 1. The van der Waals surface area contributed by atoms with E-state index in [1.165, 1.54) is 32.1 Å². The van der Waals surface area contributed by atoms with Crippen LogP contribution in [0, 0.1) is 5.92 Å². The lowest BCUT2D eigenvalue weighted by Crippen LogP contribution is -2.48. The van der Waals surface area contributed by atoms with Crippen LogP contribution in [0.15, 0.2) is 0 Å². The molecular weight excluding hydrogens is 360 g/mol. The molecule has 0 radical (unpaired) electrons. The molecule has 0 fully saturated rings. The third kappa shape index (κ3) is 11.5. The Morgan fingerprint density at radius 1 is 0.679 bits per heavy atom. The van der Waals surface area contributed by atoms with Crippen LogP contribution in [-0.4, -0.2) is 62.3 Å². The summed E-state index contributed by atoms with van der Waals surface area (Å²) in [6, 6.07) is 0. The van der Waals surface area contributed by atoms with Gasteiger partial charge in [-0.2, -0.15) is 0 Å². The summed E-state index contributed by atoms with van der Waals surface area (Å²) in [6.45, 7) is 3.51. The van der Waals surface area contributed by atoms with Gasteiger partial charge in [0.15, 0.2) is 5.78 Å². The Hall–Kier alpha value is -0.530. The molecule has 5 atom stereocenters. The van der Waals surface area contributed by atoms with E-state index < -0.39 is 36.8 Å². The van der Waals surface area contributed by atoms with Gasteiger partial charge in [-0.25, -0.2) is 0 Å². The predicted molar refractivity (Wildman–Crippen MR) is 111 cm³/mol. The highest BCUT2D eigenvalue weighted by Crippen LogP contribution is 2.24. The van der Waals surface area contributed by atoms with Crippen molar-refractivity contribution in [3.05, 3.63) is 0 Å². The largest absolute Gasteiger partial charge is 0.394 e. The van der Waals surface area contributed by atoms with Crippen molar-refractivity contribution in [3.8, 4) is 0 Å². The lowest BCUT2D eigenvalue weighted by Gasteiger charge is -2.28. The van der Waals surface area contributed by atoms with Crippen molar-refractivity contribution >= 4 is 5.78 Å². The summed E-state index contributed by atoms with van der Waals surface area (Å²) in [5, 5.41) is 48.7. The van der Waals surface area contributed by atoms with E-state index in [4.69, 9.17) is 5.11 Å². The average Bonchev–Trinajstić information content (AvgIpc) is 2.71. The fourth-order valence-corrected chi connectivity index (χ4v) is 3.57. The maximum Gasteiger partial charge on any atom is 0.195 e. The van der Waals surface area contributed by atoms with Gasteiger partial charge in [0, 0.05) is 0 Å². The van der Waals surface area contributed by atoms with E-state index in [-0.39, 0.29) is 5.92 Å². The Kier molecular flexibility index (Phi) is 17.0. The molecule has 0 aliphatic heterocycles. The van der Waals surface area contributed by atoms with Gasteiger partial charge in [-0.15, -0.1) is 0 Å². The number of unbranched alkanes of at least 4 members (excludes halogenated alkanes) is 9. The highest BCUT2D eigenvalue weighted by Gasteiger charge is 2.36. The van der Waals surface area contributed by atoms with Crippen LogP contribution in [0.25, 0.3) is 0 Å². The maximum absolute atomic E-state index is 12.1. The first kappa shape index (κ1) is 27.5. The van der Waals surface area contributed by atoms with Crippen molar-refractivity contribution in [3.63, 3.8) is 0 Å². The first-order chi connectivity index (χ1) is 13.4. The third-order valence-electron chi connectivity index (χ3n) is 5.55. The SMILES string of the molecule is CCCCCCCCCCC(CCCCC)C(O)[C@H](O)C(=O)[C@H](O)[C@H](O)CO. The Labute approximate surface area is 171 Å². The van der Waals surface area contributed by atoms with Gasteiger partial charge in [0.1, 0.15) is 18.3 Å². The lowest BCUT2D eigenvalue weighted by molar-refractivity contribution is -0.151. The summed E-state index contributed by atoms with van der Waals surface area (Å²) in [7, 11) is 0. The second-order valence-electron chi connectivity index (χ2n) is 8.05. The van der Waals surface area contributed by atoms with Gasteiger partial charge in [0.05, 0.1) is 12.7 Å². The molecular formula is C22H44O6. The van der Waals surface area contributed by atoms with Crippen LogP contribution >= 0.6 is 0 Å². The second-order valence-corrected chi connectivity index (χ2v) is 8.05. The van der Waals surface area contributed by atoms with Crippen LogP contribution in [0.1, 0.15) is 97.3 Å². The van der Waals surface area contributed by atoms with Crippen LogP contribution in [0.3, 0.4) is 0 Å². The monoisotopic (exact) mass is 404 g/mol. The zero-order valence-corrected chi connectivity index (χ0v) is 17.9. The van der Waals surface area contributed by atoms with Gasteiger partial charge in [-0.05, 0) is 18.8 Å². The van der Waals surface area contributed by atoms with Gasteiger partial charge >= 0.3 is 0 Å². The molecule has 0 amide bonds. The number of aliphatic hydroxyl groups excluding tert-OH is 5. The summed E-state index contributed by atoms with van der Waals surface area (Å²) in [6.07, 6.45) is 7.30. The molecule has 0 aromatic heterocycles. The van der Waals surface area contributed by atoms with Crippen LogP contribution in [0.5, 0.6) is 0 Å². The summed E-state index contributed by atoms with van der Waals surface area (Å²) >= 11 is 0. The Balaban J connectivity index is 4.52. The number of carbonyl (C=O) groups excluding carboxylic acids is 1.